The Bertz CT molecular complexity index is 1310. The fourth-order valence-corrected chi connectivity index (χ4v) is 6.99. The summed E-state index contributed by atoms with van der Waals surface area (Å²) in [5, 5.41) is 39.6. The molecule has 2 N–H and O–H groups in total. The smallest absolute Gasteiger partial charge is 0.403 e. The van der Waals surface area contributed by atoms with Crippen molar-refractivity contribution in [3.63, 3.8) is 0 Å². The van der Waals surface area contributed by atoms with Crippen molar-refractivity contribution in [2.75, 3.05) is 65.6 Å². The van der Waals surface area contributed by atoms with E-state index in [1.165, 1.54) is 36.0 Å². The molecule has 0 saturated carbocycles. The van der Waals surface area contributed by atoms with Crippen LogP contribution in [-0.4, -0.2) is 101 Å². The second kappa shape index (κ2) is 24.9. The number of alkyl halides is 1. The zero-order valence-corrected chi connectivity index (χ0v) is 30.2. The third-order valence-corrected chi connectivity index (χ3v) is 11.1. The minimum absolute atomic E-state index is 0. The standard InChI is InChI=1S/C14H24ClN2O6P.C13H23N2O8P.CH4/c1-3-10-21-12-24(20,16(2)9-5-4-8-15)22-11-13-6-7-14(23-13)17(18)19;1-3-6-21-10-24(20,14(2)7-11(17)8-16)22-9-12-4-5-13(23-12)15(18)19;/h6-7H,3-5,8-12H2,1-2H3;4-5,11,16-17H,3,6-10H2,1-2H3;1H4. The first-order valence-corrected chi connectivity index (χ1v) is 19.2. The Balaban J connectivity index is 0.000000922. The molecule has 3 atom stereocenters. The van der Waals surface area contributed by atoms with E-state index in [0.717, 1.165) is 25.7 Å². The predicted molar refractivity (Wildman–Crippen MR) is 183 cm³/mol. The Kier molecular flexibility index (Phi) is 23.7. The number of nitro groups is 2. The largest absolute Gasteiger partial charge is 0.433 e. The first kappa shape index (κ1) is 46.8. The summed E-state index contributed by atoms with van der Waals surface area (Å²) in [7, 11) is -3.52. The molecule has 284 valence electrons. The number of furan rings is 2. The zero-order valence-electron chi connectivity index (χ0n) is 27.6. The molecule has 49 heavy (non-hydrogen) atoms. The van der Waals surface area contributed by atoms with Gasteiger partial charge in [-0.2, -0.15) is 0 Å². The molecule has 0 fully saturated rings. The van der Waals surface area contributed by atoms with Gasteiger partial charge in [0.2, 0.25) is 0 Å². The van der Waals surface area contributed by atoms with Gasteiger partial charge in [-0.3, -0.25) is 29.4 Å². The Morgan fingerprint density at radius 3 is 1.67 bits per heavy atom. The van der Waals surface area contributed by atoms with E-state index in [1.54, 1.807) is 11.7 Å². The number of hydrogen-bond acceptors (Lipinski definition) is 14. The highest BCUT2D eigenvalue weighted by Gasteiger charge is 2.32. The molecule has 0 aliphatic rings. The molecule has 0 saturated heterocycles. The van der Waals surface area contributed by atoms with Crippen LogP contribution in [0.15, 0.2) is 33.1 Å². The van der Waals surface area contributed by atoms with Gasteiger partial charge >= 0.3 is 11.8 Å². The molecule has 2 rings (SSSR count). The van der Waals surface area contributed by atoms with Crippen LogP contribution in [-0.2, 0) is 40.9 Å². The molecule has 2 aromatic heterocycles. The quantitative estimate of drug-likeness (QED) is 0.0364. The average Bonchev–Trinajstić information content (AvgIpc) is 3.74. The molecule has 18 nitrogen and oxygen atoms in total. The lowest BCUT2D eigenvalue weighted by atomic mass is 10.3. The molecule has 0 bridgehead atoms. The number of nitrogens with zero attached hydrogens (tertiary/aromatic N) is 4. The first-order chi connectivity index (χ1) is 22.7. The maximum absolute atomic E-state index is 13.1. The normalized spacial score (nSPS) is 14.4. The topological polar surface area (TPSA) is 231 Å². The van der Waals surface area contributed by atoms with E-state index in [4.69, 9.17) is 44.1 Å². The third kappa shape index (κ3) is 17.5. The van der Waals surface area contributed by atoms with Crippen LogP contribution in [0.3, 0.4) is 0 Å². The lowest BCUT2D eigenvalue weighted by Crippen LogP contribution is -2.31. The fourth-order valence-electron chi connectivity index (χ4n) is 3.61. The average molecular weight is 765 g/mol. The number of likely N-dealkylation sites (N-methyl/N-ethyl adjacent to an activating group) is 1. The van der Waals surface area contributed by atoms with E-state index in [0.29, 0.717) is 25.6 Å². The molecule has 21 heteroatoms. The number of aliphatic hydroxyl groups is 2. The molecule has 3 unspecified atom stereocenters. The maximum Gasteiger partial charge on any atom is 0.433 e. The molecular weight excluding hydrogens is 714 g/mol. The highest BCUT2D eigenvalue weighted by molar-refractivity contribution is 7.56. The predicted octanol–water partition coefficient (Wildman–Crippen LogP) is 6.44. The summed E-state index contributed by atoms with van der Waals surface area (Å²) in [5.74, 6) is 0.123. The highest BCUT2D eigenvalue weighted by atomic mass is 35.5. The summed E-state index contributed by atoms with van der Waals surface area (Å²) in [6.07, 6.45) is 1.80. The van der Waals surface area contributed by atoms with E-state index in [9.17, 15) is 34.5 Å². The van der Waals surface area contributed by atoms with Crippen molar-refractivity contribution < 1.29 is 56.5 Å². The summed E-state index contributed by atoms with van der Waals surface area (Å²) < 4.78 is 60.6. The highest BCUT2D eigenvalue weighted by Crippen LogP contribution is 2.51. The van der Waals surface area contributed by atoms with E-state index in [2.05, 4.69) is 0 Å². The van der Waals surface area contributed by atoms with Crippen molar-refractivity contribution in [3.8, 4) is 0 Å². The van der Waals surface area contributed by atoms with Crippen molar-refractivity contribution in [2.24, 2.45) is 0 Å². The van der Waals surface area contributed by atoms with Gasteiger partial charge in [0.25, 0.3) is 15.0 Å². The second-order valence-electron chi connectivity index (χ2n) is 10.3. The minimum atomic E-state index is -3.48. The van der Waals surface area contributed by atoms with E-state index in [1.807, 2.05) is 13.8 Å². The lowest BCUT2D eigenvalue weighted by Gasteiger charge is -2.28. The van der Waals surface area contributed by atoms with Crippen LogP contribution < -0.4 is 0 Å². The van der Waals surface area contributed by atoms with Gasteiger partial charge in [-0.25, -0.2) is 9.34 Å². The molecule has 2 heterocycles. The monoisotopic (exact) mass is 764 g/mol. The van der Waals surface area contributed by atoms with Crippen molar-refractivity contribution in [1.29, 1.82) is 0 Å². The van der Waals surface area contributed by atoms with Crippen LogP contribution in [0.5, 0.6) is 0 Å². The summed E-state index contributed by atoms with van der Waals surface area (Å²) in [6, 6.07) is 5.21. The summed E-state index contributed by atoms with van der Waals surface area (Å²) in [4.78, 5) is 19.9. The summed E-state index contributed by atoms with van der Waals surface area (Å²) >= 11 is 5.66. The van der Waals surface area contributed by atoms with Crippen LogP contribution in [0, 0.1) is 20.2 Å². The molecule has 0 aliphatic heterocycles. The van der Waals surface area contributed by atoms with E-state index in [-0.39, 0.29) is 57.3 Å². The molecule has 0 aromatic carbocycles. The summed E-state index contributed by atoms with van der Waals surface area (Å²) in [6.45, 7) is 4.33. The minimum Gasteiger partial charge on any atom is -0.403 e. The number of hydrogen-bond donors (Lipinski definition) is 2. The van der Waals surface area contributed by atoms with Gasteiger partial charge in [0.05, 0.1) is 24.8 Å². The number of rotatable bonds is 25. The van der Waals surface area contributed by atoms with Crippen LogP contribution >= 0.6 is 26.6 Å². The Hall–Kier alpha value is -2.21. The van der Waals surface area contributed by atoms with Gasteiger partial charge in [0.15, 0.2) is 0 Å². The molecule has 0 radical (unpaired) electrons. The van der Waals surface area contributed by atoms with Gasteiger partial charge in [-0.05, 0) is 51.9 Å². The van der Waals surface area contributed by atoms with Gasteiger partial charge in [-0.15, -0.1) is 11.6 Å². The van der Waals surface area contributed by atoms with Crippen LogP contribution in [0.1, 0.15) is 58.5 Å². The fraction of sp³-hybridized carbons (Fsp3) is 0.714. The van der Waals surface area contributed by atoms with Crippen molar-refractivity contribution in [2.45, 2.75) is 66.3 Å². The van der Waals surface area contributed by atoms with Gasteiger partial charge < -0.3 is 37.6 Å². The SMILES string of the molecule is C.CCCOCP(=O)(OCc1ccc([N+](=O)[O-])o1)N(C)CC(O)CO.CCCOCP(=O)(OCc1ccc([N+](=O)[O-])o1)N(C)CCCCCl. The summed E-state index contributed by atoms with van der Waals surface area (Å²) in [5.41, 5.74) is 0. The van der Waals surface area contributed by atoms with Gasteiger partial charge in [0, 0.05) is 32.2 Å². The molecule has 0 aliphatic carbocycles. The van der Waals surface area contributed by atoms with Crippen LogP contribution in [0.2, 0.25) is 0 Å². The Morgan fingerprint density at radius 1 is 0.857 bits per heavy atom. The zero-order chi connectivity index (χ0) is 36.2. The number of aliphatic hydroxyl groups excluding tert-OH is 2. The number of ether oxygens (including phenoxy) is 2. The molecule has 2 aromatic rings. The van der Waals surface area contributed by atoms with Crippen LogP contribution in [0.25, 0.3) is 0 Å². The maximum atomic E-state index is 13.1. The van der Waals surface area contributed by atoms with Crippen molar-refractivity contribution >= 4 is 38.4 Å². The lowest BCUT2D eigenvalue weighted by molar-refractivity contribution is -0.402. The Labute approximate surface area is 291 Å². The van der Waals surface area contributed by atoms with Gasteiger partial charge in [0.1, 0.15) is 47.3 Å². The van der Waals surface area contributed by atoms with Crippen LogP contribution in [0.4, 0.5) is 11.8 Å². The molecular formula is C28H51ClN4O14P2. The third-order valence-electron chi connectivity index (χ3n) is 6.27. The molecule has 0 amide bonds. The molecule has 0 spiro atoms. The van der Waals surface area contributed by atoms with Crippen molar-refractivity contribution in [3.05, 3.63) is 56.0 Å². The number of unbranched alkanes of at least 4 members (excludes halogenated alkanes) is 1. The van der Waals surface area contributed by atoms with E-state index >= 15 is 0 Å². The second-order valence-corrected chi connectivity index (χ2v) is 15.7. The van der Waals surface area contributed by atoms with Gasteiger partial charge in [-0.1, -0.05) is 21.3 Å². The first-order valence-electron chi connectivity index (χ1n) is 15.1. The number of halogens is 1. The van der Waals surface area contributed by atoms with Crippen molar-refractivity contribution in [1.82, 2.24) is 9.34 Å². The van der Waals surface area contributed by atoms with E-state index < -0.39 is 43.5 Å². The Morgan fingerprint density at radius 2 is 1.31 bits per heavy atom.